The minimum Gasteiger partial charge on any atom is -0.481 e. The second-order valence-corrected chi connectivity index (χ2v) is 6.55. The molecule has 0 radical (unpaired) electrons. The molecule has 2 aromatic carbocycles. The number of rotatable bonds is 5. The van der Waals surface area contributed by atoms with Gasteiger partial charge in [0.05, 0.1) is 0 Å². The van der Waals surface area contributed by atoms with Crippen LogP contribution in [0.3, 0.4) is 0 Å². The first kappa shape index (κ1) is 18.8. The van der Waals surface area contributed by atoms with E-state index in [4.69, 9.17) is 4.74 Å². The molecule has 24 heavy (non-hydrogen) atoms. The van der Waals surface area contributed by atoms with Crippen molar-refractivity contribution in [3.05, 3.63) is 63.6 Å². The van der Waals surface area contributed by atoms with E-state index >= 15 is 0 Å². The third kappa shape index (κ3) is 4.72. The number of carbonyl (C=O) groups is 1. The highest BCUT2D eigenvalue weighted by Gasteiger charge is 2.15. The average Bonchev–Trinajstić information content (AvgIpc) is 3.02. The second-order valence-electron chi connectivity index (χ2n) is 5.64. The molecule has 1 heterocycles. The van der Waals surface area contributed by atoms with E-state index in [-0.39, 0.29) is 18.3 Å². The smallest absolute Gasteiger partial charge is 0.261 e. The fourth-order valence-electron chi connectivity index (χ4n) is 2.56. The Balaban J connectivity index is 0.00000208. The zero-order valence-electron chi connectivity index (χ0n) is 13.3. The number of nitrogens with one attached hydrogen (secondary N) is 2. The maximum Gasteiger partial charge on any atom is 0.261 e. The standard InChI is InChI=1S/C18H19BrN2O2.ClH/c1-12(23-17-6-4-16(19)5-7-17)18(22)21-9-13-2-3-14-10-20-11-15(14)8-13;/h2-8,12,20H,9-11H2,1H3,(H,21,22);1H. The van der Waals surface area contributed by atoms with Crippen LogP contribution >= 0.6 is 28.3 Å². The molecule has 0 bridgehead atoms. The summed E-state index contributed by atoms with van der Waals surface area (Å²) in [7, 11) is 0. The van der Waals surface area contributed by atoms with Crippen molar-refractivity contribution in [2.75, 3.05) is 0 Å². The molecular formula is C18H20BrClN2O2. The van der Waals surface area contributed by atoms with Gasteiger partial charge in [-0.05, 0) is 47.9 Å². The predicted octanol–water partition coefficient (Wildman–Crippen LogP) is 3.56. The number of hydrogen-bond acceptors (Lipinski definition) is 3. The van der Waals surface area contributed by atoms with Gasteiger partial charge in [0, 0.05) is 24.1 Å². The van der Waals surface area contributed by atoms with Crippen LogP contribution in [-0.2, 0) is 24.4 Å². The quantitative estimate of drug-likeness (QED) is 0.791. The molecule has 1 aliphatic rings. The minimum absolute atomic E-state index is 0. The fraction of sp³-hybridized carbons (Fsp3) is 0.278. The van der Waals surface area contributed by atoms with Gasteiger partial charge in [0.2, 0.25) is 0 Å². The highest BCUT2D eigenvalue weighted by atomic mass is 79.9. The minimum atomic E-state index is -0.535. The first-order valence-corrected chi connectivity index (χ1v) is 8.42. The number of fused-ring (bicyclic) bond motifs is 1. The summed E-state index contributed by atoms with van der Waals surface area (Å²) in [4.78, 5) is 12.2. The molecular weight excluding hydrogens is 392 g/mol. The lowest BCUT2D eigenvalue weighted by Crippen LogP contribution is -2.35. The van der Waals surface area contributed by atoms with Crippen LogP contribution in [0.1, 0.15) is 23.6 Å². The molecule has 1 unspecified atom stereocenters. The van der Waals surface area contributed by atoms with E-state index in [1.807, 2.05) is 24.3 Å². The Morgan fingerprint density at radius 1 is 1.21 bits per heavy atom. The summed E-state index contributed by atoms with van der Waals surface area (Å²) in [5, 5.41) is 6.25. The molecule has 4 nitrogen and oxygen atoms in total. The zero-order valence-corrected chi connectivity index (χ0v) is 15.7. The van der Waals surface area contributed by atoms with E-state index in [1.54, 1.807) is 6.92 Å². The van der Waals surface area contributed by atoms with Gasteiger partial charge in [-0.3, -0.25) is 4.79 Å². The lowest BCUT2D eigenvalue weighted by molar-refractivity contribution is -0.127. The summed E-state index contributed by atoms with van der Waals surface area (Å²) in [6, 6.07) is 13.8. The zero-order chi connectivity index (χ0) is 16.2. The van der Waals surface area contributed by atoms with Crippen molar-refractivity contribution in [2.24, 2.45) is 0 Å². The highest BCUT2D eigenvalue weighted by Crippen LogP contribution is 2.18. The highest BCUT2D eigenvalue weighted by molar-refractivity contribution is 9.10. The van der Waals surface area contributed by atoms with Gasteiger partial charge in [-0.15, -0.1) is 12.4 Å². The van der Waals surface area contributed by atoms with Crippen molar-refractivity contribution in [1.29, 1.82) is 0 Å². The van der Waals surface area contributed by atoms with Crippen LogP contribution in [0.5, 0.6) is 5.75 Å². The Morgan fingerprint density at radius 2 is 1.92 bits per heavy atom. The predicted molar refractivity (Wildman–Crippen MR) is 100 cm³/mol. The number of amides is 1. The molecule has 2 aromatic rings. The molecule has 6 heteroatoms. The Kier molecular flexibility index (Phi) is 6.66. The van der Waals surface area contributed by atoms with Gasteiger partial charge in [0.1, 0.15) is 5.75 Å². The second kappa shape index (κ2) is 8.51. The number of halogens is 2. The fourth-order valence-corrected chi connectivity index (χ4v) is 2.83. The van der Waals surface area contributed by atoms with Gasteiger partial charge in [-0.1, -0.05) is 34.1 Å². The lowest BCUT2D eigenvalue weighted by atomic mass is 10.1. The van der Waals surface area contributed by atoms with Crippen LogP contribution < -0.4 is 15.4 Å². The van der Waals surface area contributed by atoms with Crippen molar-refractivity contribution in [1.82, 2.24) is 10.6 Å². The van der Waals surface area contributed by atoms with Crippen LogP contribution in [-0.4, -0.2) is 12.0 Å². The molecule has 0 aliphatic carbocycles. The van der Waals surface area contributed by atoms with Crippen LogP contribution in [0.2, 0.25) is 0 Å². The van der Waals surface area contributed by atoms with Gasteiger partial charge >= 0.3 is 0 Å². The topological polar surface area (TPSA) is 50.4 Å². The summed E-state index contributed by atoms with van der Waals surface area (Å²) in [6.45, 7) is 4.10. The Hall–Kier alpha value is -1.56. The van der Waals surface area contributed by atoms with Crippen molar-refractivity contribution in [2.45, 2.75) is 32.7 Å². The third-order valence-electron chi connectivity index (χ3n) is 3.86. The largest absolute Gasteiger partial charge is 0.481 e. The molecule has 1 amide bonds. The normalized spacial score (nSPS) is 13.6. The van der Waals surface area contributed by atoms with E-state index < -0.39 is 6.10 Å². The number of carbonyl (C=O) groups excluding carboxylic acids is 1. The summed E-state index contributed by atoms with van der Waals surface area (Å²) >= 11 is 3.37. The molecule has 0 fully saturated rings. The molecule has 1 aliphatic heterocycles. The van der Waals surface area contributed by atoms with Crippen molar-refractivity contribution >= 4 is 34.2 Å². The van der Waals surface area contributed by atoms with E-state index in [0.717, 1.165) is 23.1 Å². The van der Waals surface area contributed by atoms with Gasteiger partial charge in [0.15, 0.2) is 6.10 Å². The monoisotopic (exact) mass is 410 g/mol. The van der Waals surface area contributed by atoms with E-state index in [1.165, 1.54) is 11.1 Å². The van der Waals surface area contributed by atoms with E-state index in [9.17, 15) is 4.79 Å². The summed E-state index contributed by atoms with van der Waals surface area (Å²) in [5.41, 5.74) is 3.76. The molecule has 0 aromatic heterocycles. The van der Waals surface area contributed by atoms with Crippen molar-refractivity contribution in [3.8, 4) is 5.75 Å². The van der Waals surface area contributed by atoms with E-state index in [2.05, 4.69) is 44.8 Å². The van der Waals surface area contributed by atoms with Crippen LogP contribution in [0.15, 0.2) is 46.9 Å². The lowest BCUT2D eigenvalue weighted by Gasteiger charge is -2.15. The Labute approximate surface area is 156 Å². The van der Waals surface area contributed by atoms with Gasteiger partial charge in [0.25, 0.3) is 5.91 Å². The first-order chi connectivity index (χ1) is 11.1. The van der Waals surface area contributed by atoms with Crippen LogP contribution in [0.25, 0.3) is 0 Å². The molecule has 0 saturated carbocycles. The molecule has 0 spiro atoms. The first-order valence-electron chi connectivity index (χ1n) is 7.63. The average molecular weight is 412 g/mol. The Morgan fingerprint density at radius 3 is 2.67 bits per heavy atom. The van der Waals surface area contributed by atoms with Crippen LogP contribution in [0, 0.1) is 0 Å². The van der Waals surface area contributed by atoms with Gasteiger partial charge < -0.3 is 15.4 Å². The van der Waals surface area contributed by atoms with Gasteiger partial charge in [-0.2, -0.15) is 0 Å². The molecule has 0 saturated heterocycles. The van der Waals surface area contributed by atoms with Crippen molar-refractivity contribution in [3.63, 3.8) is 0 Å². The summed E-state index contributed by atoms with van der Waals surface area (Å²) in [5.74, 6) is 0.561. The number of hydrogen-bond donors (Lipinski definition) is 2. The molecule has 3 rings (SSSR count). The molecule has 1 atom stereocenters. The number of ether oxygens (including phenoxy) is 1. The maximum absolute atomic E-state index is 12.2. The molecule has 2 N–H and O–H groups in total. The SMILES string of the molecule is CC(Oc1ccc(Br)cc1)C(=O)NCc1ccc2c(c1)CNC2.Cl. The summed E-state index contributed by atoms with van der Waals surface area (Å²) < 4.78 is 6.63. The maximum atomic E-state index is 12.2. The van der Waals surface area contributed by atoms with Crippen molar-refractivity contribution < 1.29 is 9.53 Å². The Bertz CT molecular complexity index is 707. The van der Waals surface area contributed by atoms with Gasteiger partial charge in [-0.25, -0.2) is 0 Å². The molecule has 128 valence electrons. The summed E-state index contributed by atoms with van der Waals surface area (Å²) in [6.07, 6.45) is -0.535. The van der Waals surface area contributed by atoms with E-state index in [0.29, 0.717) is 12.3 Å². The van der Waals surface area contributed by atoms with Crippen LogP contribution in [0.4, 0.5) is 0 Å². The third-order valence-corrected chi connectivity index (χ3v) is 4.39. The number of benzene rings is 2.